The zero-order chi connectivity index (χ0) is 11.0. The highest BCUT2D eigenvalue weighted by atomic mass is 15.2. The van der Waals surface area contributed by atoms with E-state index in [2.05, 4.69) is 36.1 Å². The fraction of sp³-hybridized carbons (Fsp3) is 0.600. The van der Waals surface area contributed by atoms with Crippen LogP contribution in [-0.2, 0) is 6.42 Å². The van der Waals surface area contributed by atoms with Gasteiger partial charge in [0.05, 0.1) is 0 Å². The molecule has 0 amide bonds. The van der Waals surface area contributed by atoms with E-state index in [-0.39, 0.29) is 0 Å². The van der Waals surface area contributed by atoms with Crippen LogP contribution < -0.4 is 4.90 Å². The lowest BCUT2D eigenvalue weighted by atomic mass is 9.93. The van der Waals surface area contributed by atoms with Gasteiger partial charge in [0.2, 0.25) is 0 Å². The summed E-state index contributed by atoms with van der Waals surface area (Å²) in [6.45, 7) is 2.40. The number of nitrogens with zero attached hydrogens (tertiary/aromatic N) is 1. The first-order valence-electron chi connectivity index (χ1n) is 6.72. The summed E-state index contributed by atoms with van der Waals surface area (Å²) in [5, 5.41) is 0. The molecule has 1 nitrogen and oxygen atoms in total. The number of rotatable bonds is 0. The Morgan fingerprint density at radius 2 is 1.88 bits per heavy atom. The zero-order valence-electron chi connectivity index (χ0n) is 10.2. The maximum atomic E-state index is 2.71. The molecule has 1 aromatic carbocycles. The molecule has 0 unspecified atom stereocenters. The van der Waals surface area contributed by atoms with Crippen LogP contribution in [0.15, 0.2) is 24.3 Å². The van der Waals surface area contributed by atoms with Crippen LogP contribution in [0.4, 0.5) is 5.69 Å². The standard InChI is InChI=1S/C15H21N/c1-12-6-2-4-8-14-11-10-13-7-3-5-9-15(13)16(12)14/h3,5,7,9,12,14H,2,4,6,8,10-11H2,1H3/t12-,14-/m1/s1. The molecule has 1 saturated heterocycles. The van der Waals surface area contributed by atoms with Gasteiger partial charge in [0.25, 0.3) is 0 Å². The van der Waals surface area contributed by atoms with Crippen LogP contribution in [0.1, 0.15) is 44.6 Å². The Kier molecular flexibility index (Phi) is 2.62. The third-order valence-electron chi connectivity index (χ3n) is 4.29. The fourth-order valence-corrected chi connectivity index (χ4v) is 3.47. The Balaban J connectivity index is 2.00. The second-order valence-electron chi connectivity index (χ2n) is 5.36. The summed E-state index contributed by atoms with van der Waals surface area (Å²) in [6.07, 6.45) is 8.25. The number of hydrogen-bond acceptors (Lipinski definition) is 1. The van der Waals surface area contributed by atoms with Crippen LogP contribution in [-0.4, -0.2) is 12.1 Å². The highest BCUT2D eigenvalue weighted by Gasteiger charge is 2.30. The smallest absolute Gasteiger partial charge is 0.0403 e. The molecular formula is C15H21N. The third kappa shape index (κ3) is 1.63. The van der Waals surface area contributed by atoms with Gasteiger partial charge in [0, 0.05) is 17.8 Å². The van der Waals surface area contributed by atoms with E-state index in [1.165, 1.54) is 44.2 Å². The molecule has 2 heterocycles. The highest BCUT2D eigenvalue weighted by Crippen LogP contribution is 2.36. The van der Waals surface area contributed by atoms with Crippen molar-refractivity contribution >= 4 is 5.69 Å². The van der Waals surface area contributed by atoms with Gasteiger partial charge >= 0.3 is 0 Å². The molecule has 0 aliphatic carbocycles. The Hall–Kier alpha value is -0.980. The molecule has 0 saturated carbocycles. The van der Waals surface area contributed by atoms with E-state index in [0.717, 1.165) is 12.1 Å². The molecule has 3 rings (SSSR count). The lowest BCUT2D eigenvalue weighted by molar-refractivity contribution is 0.479. The normalized spacial score (nSPS) is 29.2. The Morgan fingerprint density at radius 3 is 2.81 bits per heavy atom. The monoisotopic (exact) mass is 215 g/mol. The van der Waals surface area contributed by atoms with E-state index in [9.17, 15) is 0 Å². The Morgan fingerprint density at radius 1 is 1.06 bits per heavy atom. The maximum absolute atomic E-state index is 2.71. The summed E-state index contributed by atoms with van der Waals surface area (Å²) in [7, 11) is 0. The lowest BCUT2D eigenvalue weighted by Crippen LogP contribution is -2.43. The van der Waals surface area contributed by atoms with E-state index in [1.807, 2.05) is 0 Å². The van der Waals surface area contributed by atoms with Crippen LogP contribution >= 0.6 is 0 Å². The van der Waals surface area contributed by atoms with Crippen LogP contribution in [0.2, 0.25) is 0 Å². The van der Waals surface area contributed by atoms with Crippen LogP contribution in [0.5, 0.6) is 0 Å². The average Bonchev–Trinajstić information content (AvgIpc) is 2.51. The third-order valence-corrected chi connectivity index (χ3v) is 4.29. The summed E-state index contributed by atoms with van der Waals surface area (Å²) < 4.78 is 0. The number of anilines is 1. The molecular weight excluding hydrogens is 194 g/mol. The summed E-state index contributed by atoms with van der Waals surface area (Å²) >= 11 is 0. The van der Waals surface area contributed by atoms with Gasteiger partial charge in [-0.25, -0.2) is 0 Å². The molecule has 1 heteroatoms. The molecule has 1 aromatic rings. The van der Waals surface area contributed by atoms with Gasteiger partial charge in [0.1, 0.15) is 0 Å². The quantitative estimate of drug-likeness (QED) is 0.636. The first-order chi connectivity index (χ1) is 7.86. The molecule has 86 valence electrons. The van der Waals surface area contributed by atoms with Gasteiger partial charge in [0.15, 0.2) is 0 Å². The number of benzene rings is 1. The van der Waals surface area contributed by atoms with Crippen molar-refractivity contribution in [3.05, 3.63) is 29.8 Å². The minimum Gasteiger partial charge on any atom is -0.366 e. The van der Waals surface area contributed by atoms with E-state index < -0.39 is 0 Å². The summed E-state index contributed by atoms with van der Waals surface area (Å²) in [5.41, 5.74) is 3.08. The van der Waals surface area contributed by atoms with E-state index in [1.54, 1.807) is 5.56 Å². The van der Waals surface area contributed by atoms with Gasteiger partial charge in [-0.2, -0.15) is 0 Å². The second kappa shape index (κ2) is 4.12. The van der Waals surface area contributed by atoms with E-state index in [4.69, 9.17) is 0 Å². The highest BCUT2D eigenvalue weighted by molar-refractivity contribution is 5.57. The SMILES string of the molecule is C[C@@H]1CCCC[C@@H]2CCc3ccccc3N21. The van der Waals surface area contributed by atoms with Crippen molar-refractivity contribution in [2.24, 2.45) is 0 Å². The van der Waals surface area contributed by atoms with Crippen LogP contribution in [0.25, 0.3) is 0 Å². The van der Waals surface area contributed by atoms with Gasteiger partial charge < -0.3 is 4.90 Å². The molecule has 0 spiro atoms. The topological polar surface area (TPSA) is 3.24 Å². The van der Waals surface area contributed by atoms with Crippen molar-refractivity contribution in [1.82, 2.24) is 0 Å². The van der Waals surface area contributed by atoms with Crippen molar-refractivity contribution in [2.45, 2.75) is 57.5 Å². The molecule has 2 aliphatic rings. The lowest BCUT2D eigenvalue weighted by Gasteiger charge is -2.41. The van der Waals surface area contributed by atoms with Gasteiger partial charge in [-0.3, -0.25) is 0 Å². The second-order valence-corrected chi connectivity index (χ2v) is 5.36. The molecule has 0 N–H and O–H groups in total. The van der Waals surface area contributed by atoms with E-state index in [0.29, 0.717) is 0 Å². The molecule has 16 heavy (non-hydrogen) atoms. The van der Waals surface area contributed by atoms with Gasteiger partial charge in [-0.05, 0) is 44.2 Å². The van der Waals surface area contributed by atoms with Crippen molar-refractivity contribution in [3.8, 4) is 0 Å². The van der Waals surface area contributed by atoms with E-state index >= 15 is 0 Å². The van der Waals surface area contributed by atoms with Gasteiger partial charge in [-0.15, -0.1) is 0 Å². The van der Waals surface area contributed by atoms with Crippen molar-refractivity contribution in [1.29, 1.82) is 0 Å². The van der Waals surface area contributed by atoms with Gasteiger partial charge in [-0.1, -0.05) is 31.0 Å². The first-order valence-corrected chi connectivity index (χ1v) is 6.72. The molecule has 0 bridgehead atoms. The minimum atomic E-state index is 0.731. The average molecular weight is 215 g/mol. The number of aryl methyl sites for hydroxylation is 1. The minimum absolute atomic E-state index is 0.731. The predicted molar refractivity (Wildman–Crippen MR) is 69.0 cm³/mol. The first kappa shape index (κ1) is 10.2. The van der Waals surface area contributed by atoms with Crippen molar-refractivity contribution < 1.29 is 0 Å². The molecule has 1 fully saturated rings. The fourth-order valence-electron chi connectivity index (χ4n) is 3.47. The predicted octanol–water partition coefficient (Wildman–Crippen LogP) is 3.77. The summed E-state index contributed by atoms with van der Waals surface area (Å²) in [5.74, 6) is 0. The van der Waals surface area contributed by atoms with Crippen molar-refractivity contribution in [3.63, 3.8) is 0 Å². The number of hydrogen-bond donors (Lipinski definition) is 0. The zero-order valence-corrected chi connectivity index (χ0v) is 10.2. The molecule has 0 radical (unpaired) electrons. The van der Waals surface area contributed by atoms with Crippen LogP contribution in [0, 0.1) is 0 Å². The summed E-state index contributed by atoms with van der Waals surface area (Å²) in [4.78, 5) is 2.71. The number of para-hydroxylation sites is 1. The Bertz CT molecular complexity index is 371. The maximum Gasteiger partial charge on any atom is 0.0403 e. The van der Waals surface area contributed by atoms with Crippen LogP contribution in [0.3, 0.4) is 0 Å². The van der Waals surface area contributed by atoms with Crippen molar-refractivity contribution in [2.75, 3.05) is 4.90 Å². The number of fused-ring (bicyclic) bond motifs is 3. The molecule has 2 aliphatic heterocycles. The largest absolute Gasteiger partial charge is 0.366 e. The summed E-state index contributed by atoms with van der Waals surface area (Å²) in [6, 6.07) is 10.5. The molecule has 2 atom stereocenters. The molecule has 0 aromatic heterocycles. The Labute approximate surface area is 98.5 Å².